The van der Waals surface area contributed by atoms with Crippen LogP contribution in [0.5, 0.6) is 0 Å². The van der Waals surface area contributed by atoms with Crippen molar-refractivity contribution in [1.82, 2.24) is 10.6 Å². The molecule has 0 spiro atoms. The predicted molar refractivity (Wildman–Crippen MR) is 41.4 cm³/mol. The van der Waals surface area contributed by atoms with Gasteiger partial charge in [-0.15, -0.1) is 0 Å². The first-order valence-corrected chi connectivity index (χ1v) is 3.86. The molecule has 2 N–H and O–H groups in total. The third-order valence-corrected chi connectivity index (χ3v) is 1.80. The molecule has 1 saturated heterocycles. The normalized spacial score (nSPS) is 23.2. The number of hydrogen-bond donors (Lipinski definition) is 2. The summed E-state index contributed by atoms with van der Waals surface area (Å²) in [5.74, 6) is 0.507. The maximum Gasteiger partial charge on any atom is 0.314 e. The van der Waals surface area contributed by atoms with Crippen LogP contribution in [-0.4, -0.2) is 32.8 Å². The zero-order valence-corrected chi connectivity index (χ0v) is 6.72. The van der Waals surface area contributed by atoms with Crippen LogP contribution >= 0.6 is 0 Å². The summed E-state index contributed by atoms with van der Waals surface area (Å²) in [6.07, 6.45) is 1.06. The van der Waals surface area contributed by atoms with Crippen LogP contribution < -0.4 is 10.6 Å². The summed E-state index contributed by atoms with van der Waals surface area (Å²) in [6.45, 7) is 2.34. The Morgan fingerprint density at radius 3 is 3.09 bits per heavy atom. The molecule has 2 amide bonds. The molecule has 0 saturated carbocycles. The van der Waals surface area contributed by atoms with Gasteiger partial charge in [-0.1, -0.05) is 0 Å². The molecule has 4 heteroatoms. The van der Waals surface area contributed by atoms with E-state index in [9.17, 15) is 4.79 Å². The van der Waals surface area contributed by atoms with E-state index in [-0.39, 0.29) is 6.03 Å². The minimum Gasteiger partial charge on any atom is -0.381 e. The van der Waals surface area contributed by atoms with Crippen molar-refractivity contribution >= 4 is 6.03 Å². The molecule has 64 valence electrons. The molecular weight excluding hydrogens is 144 g/mol. The molecule has 1 heterocycles. The van der Waals surface area contributed by atoms with E-state index in [1.165, 1.54) is 0 Å². The van der Waals surface area contributed by atoms with Gasteiger partial charge in [0.05, 0.1) is 6.61 Å². The molecule has 0 radical (unpaired) electrons. The first kappa shape index (κ1) is 8.33. The summed E-state index contributed by atoms with van der Waals surface area (Å²) in [6, 6.07) is -0.114. The molecule has 11 heavy (non-hydrogen) atoms. The summed E-state index contributed by atoms with van der Waals surface area (Å²) in [5, 5.41) is 5.24. The van der Waals surface area contributed by atoms with Gasteiger partial charge >= 0.3 is 6.03 Å². The highest BCUT2D eigenvalue weighted by atomic mass is 16.5. The highest BCUT2D eigenvalue weighted by Gasteiger charge is 2.15. The van der Waals surface area contributed by atoms with Crippen LogP contribution in [0.4, 0.5) is 4.79 Å². The Labute approximate surface area is 66.3 Å². The smallest absolute Gasteiger partial charge is 0.314 e. The van der Waals surface area contributed by atoms with Gasteiger partial charge in [-0.05, 0) is 6.42 Å². The lowest BCUT2D eigenvalue weighted by atomic mass is 10.1. The van der Waals surface area contributed by atoms with E-state index in [2.05, 4.69) is 10.6 Å². The highest BCUT2D eigenvalue weighted by molar-refractivity contribution is 5.73. The Balaban J connectivity index is 2.06. The third-order valence-electron chi connectivity index (χ3n) is 1.80. The van der Waals surface area contributed by atoms with Crippen LogP contribution in [0.15, 0.2) is 0 Å². The fraction of sp³-hybridized carbons (Fsp3) is 0.857. The summed E-state index contributed by atoms with van der Waals surface area (Å²) >= 11 is 0. The molecule has 0 bridgehead atoms. The van der Waals surface area contributed by atoms with Crippen LogP contribution in [0.25, 0.3) is 0 Å². The Bertz CT molecular complexity index is 132. The van der Waals surface area contributed by atoms with E-state index in [0.717, 1.165) is 26.2 Å². The molecule has 1 atom stereocenters. The lowest BCUT2D eigenvalue weighted by Crippen LogP contribution is -2.36. The largest absolute Gasteiger partial charge is 0.381 e. The molecule has 1 rings (SSSR count). The van der Waals surface area contributed by atoms with Gasteiger partial charge in [0.2, 0.25) is 0 Å². The lowest BCUT2D eigenvalue weighted by Gasteiger charge is -2.07. The SMILES string of the molecule is CNC(=O)NC[C@@H]1CCOC1. The fourth-order valence-corrected chi connectivity index (χ4v) is 1.07. The average molecular weight is 158 g/mol. The van der Waals surface area contributed by atoms with Crippen molar-refractivity contribution in [3.8, 4) is 0 Å². The van der Waals surface area contributed by atoms with Crippen LogP contribution in [0, 0.1) is 5.92 Å². The minimum atomic E-state index is -0.114. The monoisotopic (exact) mass is 158 g/mol. The Kier molecular flexibility index (Phi) is 3.16. The molecule has 0 unspecified atom stereocenters. The third kappa shape index (κ3) is 2.76. The minimum absolute atomic E-state index is 0.114. The van der Waals surface area contributed by atoms with E-state index in [0.29, 0.717) is 5.92 Å². The standard InChI is InChI=1S/C7H14N2O2/c1-8-7(10)9-4-6-2-3-11-5-6/h6H,2-5H2,1H3,(H2,8,9,10)/t6-/m0/s1. The maximum atomic E-state index is 10.7. The topological polar surface area (TPSA) is 50.4 Å². The summed E-state index contributed by atoms with van der Waals surface area (Å²) in [7, 11) is 1.61. The second-order valence-electron chi connectivity index (χ2n) is 2.69. The van der Waals surface area contributed by atoms with Crippen molar-refractivity contribution < 1.29 is 9.53 Å². The zero-order chi connectivity index (χ0) is 8.10. The van der Waals surface area contributed by atoms with E-state index in [1.807, 2.05) is 0 Å². The molecule has 0 aromatic heterocycles. The number of carbonyl (C=O) groups is 1. The van der Waals surface area contributed by atoms with Gasteiger partial charge in [0.1, 0.15) is 0 Å². The van der Waals surface area contributed by atoms with E-state index >= 15 is 0 Å². The van der Waals surface area contributed by atoms with Gasteiger partial charge in [-0.2, -0.15) is 0 Å². The van der Waals surface area contributed by atoms with Crippen LogP contribution in [0.1, 0.15) is 6.42 Å². The van der Waals surface area contributed by atoms with Gasteiger partial charge in [0, 0.05) is 26.1 Å². The Hall–Kier alpha value is -0.770. The number of ether oxygens (including phenoxy) is 1. The van der Waals surface area contributed by atoms with Crippen molar-refractivity contribution in [2.24, 2.45) is 5.92 Å². The van der Waals surface area contributed by atoms with Gasteiger partial charge in [-0.3, -0.25) is 0 Å². The highest BCUT2D eigenvalue weighted by Crippen LogP contribution is 2.10. The van der Waals surface area contributed by atoms with Gasteiger partial charge in [0.25, 0.3) is 0 Å². The first-order valence-electron chi connectivity index (χ1n) is 3.86. The predicted octanol–water partition coefficient (Wildman–Crippen LogP) is -0.0481. The molecule has 1 aliphatic rings. The van der Waals surface area contributed by atoms with Crippen molar-refractivity contribution in [2.75, 3.05) is 26.8 Å². The zero-order valence-electron chi connectivity index (χ0n) is 6.72. The number of rotatable bonds is 2. The molecule has 0 aromatic rings. The van der Waals surface area contributed by atoms with Crippen molar-refractivity contribution in [3.63, 3.8) is 0 Å². The summed E-state index contributed by atoms with van der Waals surface area (Å²) in [5.41, 5.74) is 0. The van der Waals surface area contributed by atoms with E-state index in [1.54, 1.807) is 7.05 Å². The summed E-state index contributed by atoms with van der Waals surface area (Å²) < 4.78 is 5.15. The first-order chi connectivity index (χ1) is 5.33. The molecule has 1 aliphatic heterocycles. The van der Waals surface area contributed by atoms with E-state index < -0.39 is 0 Å². The summed E-state index contributed by atoms with van der Waals surface area (Å²) in [4.78, 5) is 10.7. The van der Waals surface area contributed by atoms with Gasteiger partial charge in [-0.25, -0.2) is 4.79 Å². The number of urea groups is 1. The Morgan fingerprint density at radius 2 is 2.55 bits per heavy atom. The molecular formula is C7H14N2O2. The Morgan fingerprint density at radius 1 is 1.73 bits per heavy atom. The van der Waals surface area contributed by atoms with Crippen molar-refractivity contribution in [3.05, 3.63) is 0 Å². The number of nitrogens with one attached hydrogen (secondary N) is 2. The number of hydrogen-bond acceptors (Lipinski definition) is 2. The number of amides is 2. The second-order valence-corrected chi connectivity index (χ2v) is 2.69. The average Bonchev–Trinajstić information content (AvgIpc) is 2.52. The quantitative estimate of drug-likeness (QED) is 0.592. The molecule has 4 nitrogen and oxygen atoms in total. The molecule has 1 fully saturated rings. The second kappa shape index (κ2) is 4.18. The van der Waals surface area contributed by atoms with E-state index in [4.69, 9.17) is 4.74 Å². The maximum absolute atomic E-state index is 10.7. The van der Waals surface area contributed by atoms with Crippen molar-refractivity contribution in [2.45, 2.75) is 6.42 Å². The van der Waals surface area contributed by atoms with Crippen molar-refractivity contribution in [1.29, 1.82) is 0 Å². The lowest BCUT2D eigenvalue weighted by molar-refractivity contribution is 0.185. The fourth-order valence-electron chi connectivity index (χ4n) is 1.07. The van der Waals surface area contributed by atoms with Crippen LogP contribution in [0.3, 0.4) is 0 Å². The molecule has 0 aromatic carbocycles. The van der Waals surface area contributed by atoms with Crippen LogP contribution in [-0.2, 0) is 4.74 Å². The van der Waals surface area contributed by atoms with Crippen LogP contribution in [0.2, 0.25) is 0 Å². The molecule has 0 aliphatic carbocycles. The van der Waals surface area contributed by atoms with Gasteiger partial charge in [0.15, 0.2) is 0 Å². The number of carbonyl (C=O) groups excluding carboxylic acids is 1. The van der Waals surface area contributed by atoms with Gasteiger partial charge < -0.3 is 15.4 Å².